The van der Waals surface area contributed by atoms with Crippen molar-refractivity contribution in [2.45, 2.75) is 6.92 Å². The minimum Gasteiger partial charge on any atom is -0.457 e. The van der Waals surface area contributed by atoms with E-state index in [0.29, 0.717) is 6.29 Å². The molecule has 0 aromatic rings. The topological polar surface area (TPSA) is 69.8 Å². The van der Waals surface area contributed by atoms with Gasteiger partial charge in [0.05, 0.1) is 16.5 Å². The largest absolute Gasteiger partial charge is 0.487 e. The summed E-state index contributed by atoms with van der Waals surface area (Å²) < 4.78 is 4.49. The molecule has 0 aromatic carbocycles. The lowest BCUT2D eigenvalue weighted by Gasteiger charge is -1.89. The first-order chi connectivity index (χ1) is 5.26. The Bertz CT molecular complexity index is 216. The van der Waals surface area contributed by atoms with Gasteiger partial charge in [-0.15, -0.1) is 0 Å². The van der Waals surface area contributed by atoms with Crippen LogP contribution in [-0.2, 0) is 14.3 Å². The van der Waals surface area contributed by atoms with Crippen LogP contribution in [-0.4, -0.2) is 36.4 Å². The van der Waals surface area contributed by atoms with Crippen molar-refractivity contribution in [3.05, 3.63) is 0 Å². The molecule has 5 heteroatoms. The molecule has 0 unspecified atom stereocenters. The monoisotopic (exact) mass is 157 g/mol. The molecule has 0 heterocycles. The molecule has 5 nitrogen and oxygen atoms in total. The van der Waals surface area contributed by atoms with Crippen molar-refractivity contribution >= 4 is 18.0 Å². The van der Waals surface area contributed by atoms with Crippen LogP contribution in [0.2, 0.25) is 0 Å². The zero-order valence-corrected chi connectivity index (χ0v) is 6.40. The number of ether oxygens (including phenoxy) is 1. The zero-order valence-electron chi connectivity index (χ0n) is 6.40. The smallest absolute Gasteiger partial charge is 0.457 e. The third kappa shape index (κ3) is 3.27. The van der Waals surface area contributed by atoms with Gasteiger partial charge < -0.3 is 4.74 Å². The molecule has 0 spiro atoms. The minimum absolute atomic E-state index is 0.218. The van der Waals surface area contributed by atoms with E-state index in [4.69, 9.17) is 0 Å². The van der Waals surface area contributed by atoms with Crippen LogP contribution in [0, 0.1) is 0 Å². The Morgan fingerprint density at radius 3 is 2.73 bits per heavy atom. The molecule has 0 radical (unpaired) electrons. The molecule has 0 atom stereocenters. The highest BCUT2D eigenvalue weighted by Crippen LogP contribution is 1.77. The quantitative estimate of drug-likeness (QED) is 0.138. The molecule has 0 amide bonds. The summed E-state index contributed by atoms with van der Waals surface area (Å²) in [5.41, 5.74) is -0.311. The highest BCUT2D eigenvalue weighted by molar-refractivity contribution is 6.55. The lowest BCUT2D eigenvalue weighted by atomic mass is 10.4. The molecular formula is C6H9N2O3+. The van der Waals surface area contributed by atoms with Gasteiger partial charge in [0.1, 0.15) is 7.05 Å². The van der Waals surface area contributed by atoms with Gasteiger partial charge >= 0.3 is 11.7 Å². The van der Waals surface area contributed by atoms with Crippen molar-refractivity contribution in [3.8, 4) is 0 Å². The maximum absolute atomic E-state index is 10.7. The maximum atomic E-state index is 10.7. The molecule has 0 aliphatic heterocycles. The number of rotatable bonds is 3. The summed E-state index contributed by atoms with van der Waals surface area (Å²) in [5, 5.41) is 3.27. The normalized spacial score (nSPS) is 7.82. The lowest BCUT2D eigenvalue weighted by Crippen LogP contribution is -2.19. The van der Waals surface area contributed by atoms with Crippen LogP contribution >= 0.6 is 0 Å². The molecule has 11 heavy (non-hydrogen) atoms. The van der Waals surface area contributed by atoms with E-state index in [9.17, 15) is 9.59 Å². The van der Waals surface area contributed by atoms with Gasteiger partial charge in [-0.25, -0.2) is 4.79 Å². The van der Waals surface area contributed by atoms with Crippen molar-refractivity contribution in [1.82, 2.24) is 0 Å². The Morgan fingerprint density at radius 2 is 2.36 bits per heavy atom. The number of hydrogen-bond donors (Lipinski definition) is 0. The van der Waals surface area contributed by atoms with Crippen LogP contribution in [0.5, 0.6) is 0 Å². The van der Waals surface area contributed by atoms with Gasteiger partial charge in [-0.1, -0.05) is 0 Å². The number of carbonyl (C=O) groups excluding carboxylic acids is 2. The van der Waals surface area contributed by atoms with Crippen LogP contribution in [0.4, 0.5) is 0 Å². The van der Waals surface area contributed by atoms with Crippen molar-refractivity contribution in [2.24, 2.45) is 5.11 Å². The molecular weight excluding hydrogens is 148 g/mol. The van der Waals surface area contributed by atoms with Crippen LogP contribution in [0.15, 0.2) is 5.11 Å². The third-order valence-electron chi connectivity index (χ3n) is 0.804. The standard InChI is InChI=1S/C6H9N2O3/c1-3-11-6(10)5(4-9)8-7-2/h4H,3H2,1-2H3/q+1. The van der Waals surface area contributed by atoms with E-state index in [-0.39, 0.29) is 12.3 Å². The van der Waals surface area contributed by atoms with Crippen LogP contribution in [0.25, 0.3) is 0 Å². The molecule has 0 saturated carbocycles. The van der Waals surface area contributed by atoms with E-state index in [1.54, 1.807) is 6.92 Å². The average Bonchev–Trinajstić information content (AvgIpc) is 2.00. The first-order valence-electron chi connectivity index (χ1n) is 3.05. The first-order valence-corrected chi connectivity index (χ1v) is 3.05. The average molecular weight is 157 g/mol. The zero-order chi connectivity index (χ0) is 8.69. The summed E-state index contributed by atoms with van der Waals surface area (Å²) in [6.45, 7) is 1.86. The summed E-state index contributed by atoms with van der Waals surface area (Å²) in [6.07, 6.45) is 0.311. The summed E-state index contributed by atoms with van der Waals surface area (Å²) in [4.78, 5) is 24.1. The van der Waals surface area contributed by atoms with Crippen molar-refractivity contribution in [3.63, 3.8) is 0 Å². The van der Waals surface area contributed by atoms with Gasteiger partial charge in [0, 0.05) is 0 Å². The number of hydrogen-bond acceptors (Lipinski definition) is 4. The van der Waals surface area contributed by atoms with E-state index in [1.807, 2.05) is 0 Å². The van der Waals surface area contributed by atoms with Gasteiger partial charge in [-0.2, -0.15) is 0 Å². The highest BCUT2D eigenvalue weighted by Gasteiger charge is 2.23. The summed E-state index contributed by atoms with van der Waals surface area (Å²) >= 11 is 0. The molecule has 60 valence electrons. The molecule has 0 aliphatic carbocycles. The van der Waals surface area contributed by atoms with E-state index < -0.39 is 5.97 Å². The summed E-state index contributed by atoms with van der Waals surface area (Å²) in [7, 11) is 1.36. The molecule has 0 fully saturated rings. The Morgan fingerprint density at radius 1 is 1.73 bits per heavy atom. The Hall–Kier alpha value is -1.48. The molecule has 0 rings (SSSR count). The SMILES string of the molecule is CCOC(=O)C(C=O)=[N+]=NC. The van der Waals surface area contributed by atoms with Crippen molar-refractivity contribution in [2.75, 3.05) is 13.7 Å². The number of aldehydes is 1. The number of esters is 1. The molecule has 0 aliphatic rings. The molecule has 0 saturated heterocycles. The second-order valence-electron chi connectivity index (χ2n) is 1.52. The highest BCUT2D eigenvalue weighted by atomic mass is 16.5. The van der Waals surface area contributed by atoms with E-state index in [0.717, 1.165) is 0 Å². The van der Waals surface area contributed by atoms with Crippen LogP contribution in [0.3, 0.4) is 0 Å². The fourth-order valence-electron chi connectivity index (χ4n) is 0.425. The van der Waals surface area contributed by atoms with Crippen LogP contribution < -0.4 is 0 Å². The fourth-order valence-corrected chi connectivity index (χ4v) is 0.425. The number of nitrogens with zero attached hydrogens (tertiary/aromatic N) is 2. The van der Waals surface area contributed by atoms with Crippen molar-refractivity contribution < 1.29 is 19.1 Å². The molecule has 0 aromatic heterocycles. The second-order valence-corrected chi connectivity index (χ2v) is 1.52. The Labute approximate surface area is 63.8 Å². The Balaban J connectivity index is 4.40. The van der Waals surface area contributed by atoms with Gasteiger partial charge in [-0.3, -0.25) is 4.79 Å². The fraction of sp³-hybridized carbons (Fsp3) is 0.500. The molecule has 0 bridgehead atoms. The third-order valence-corrected chi connectivity index (χ3v) is 0.804. The van der Waals surface area contributed by atoms with E-state index >= 15 is 0 Å². The van der Waals surface area contributed by atoms with E-state index in [1.165, 1.54) is 7.05 Å². The maximum Gasteiger partial charge on any atom is 0.487 e. The number of carbonyl (C=O) groups is 2. The van der Waals surface area contributed by atoms with Gasteiger partial charge in [0.15, 0.2) is 0 Å². The summed E-state index contributed by atoms with van der Waals surface area (Å²) in [5.74, 6) is -0.742. The minimum atomic E-state index is -0.742. The van der Waals surface area contributed by atoms with Gasteiger partial charge in [0.25, 0.3) is 0 Å². The molecule has 0 N–H and O–H groups in total. The summed E-state index contributed by atoms with van der Waals surface area (Å²) in [6, 6.07) is 0. The van der Waals surface area contributed by atoms with E-state index in [2.05, 4.69) is 14.6 Å². The Kier molecular flexibility index (Phi) is 4.60. The first kappa shape index (κ1) is 9.52. The van der Waals surface area contributed by atoms with Crippen molar-refractivity contribution in [1.29, 1.82) is 0 Å². The van der Waals surface area contributed by atoms with Gasteiger partial charge in [-0.05, 0) is 6.92 Å². The second kappa shape index (κ2) is 5.32. The predicted molar refractivity (Wildman–Crippen MR) is 36.3 cm³/mol. The predicted octanol–water partition coefficient (Wildman–Crippen LogP) is -0.520. The van der Waals surface area contributed by atoms with Gasteiger partial charge in [0.2, 0.25) is 6.29 Å². The lowest BCUT2D eigenvalue weighted by molar-refractivity contribution is -0.146. The van der Waals surface area contributed by atoms with Crippen LogP contribution in [0.1, 0.15) is 6.92 Å².